The molecule has 0 heterocycles. The second-order valence-corrected chi connectivity index (χ2v) is 6.53. The summed E-state index contributed by atoms with van der Waals surface area (Å²) in [5, 5.41) is 37.6. The Labute approximate surface area is 191 Å². The Bertz CT molecular complexity index is 444. The molecule has 0 amide bonds. The minimum atomic E-state index is -1.31. The van der Waals surface area contributed by atoms with Crippen LogP contribution in [0, 0.1) is 23.7 Å². The van der Waals surface area contributed by atoms with Crippen LogP contribution in [0.15, 0.2) is 0 Å². The number of carbonyl (C=O) groups excluding carboxylic acids is 6. The van der Waals surface area contributed by atoms with Crippen LogP contribution in [0.1, 0.15) is 55.4 Å². The summed E-state index contributed by atoms with van der Waals surface area (Å²) in [7, 11) is 0. The molecule has 30 heavy (non-hydrogen) atoms. The number of carboxylic acid groups (broad SMARTS) is 3. The van der Waals surface area contributed by atoms with Gasteiger partial charge in [0.15, 0.2) is 0 Å². The van der Waals surface area contributed by atoms with Crippen LogP contribution < -0.4 is 15.3 Å². The van der Waals surface area contributed by atoms with E-state index in [9.17, 15) is 44.1 Å². The Hall–Kier alpha value is -1.91. The predicted molar refractivity (Wildman–Crippen MR) is 96.5 cm³/mol. The number of carbonyl (C=O) groups is 6. The minimum absolute atomic E-state index is 0. The molecule has 11 heteroatoms. The third kappa shape index (κ3) is 28.3. The second-order valence-electron chi connectivity index (χ2n) is 6.53. The van der Waals surface area contributed by atoms with Crippen LogP contribution in [-0.4, -0.2) is 47.0 Å². The summed E-state index contributed by atoms with van der Waals surface area (Å²) < 4.78 is 0. The number of aliphatic carboxylic acids is 3. The number of Topliss-reactive ketones (excluding diaryl/α,β-unsaturated/α-hetero) is 3. The summed E-state index contributed by atoms with van der Waals surface area (Å²) in [4.78, 5) is 59.9. The molecule has 0 aromatic carbocycles. The maximum Gasteiger partial charge on any atom is 3.00 e. The van der Waals surface area contributed by atoms with E-state index in [1.165, 1.54) is 41.5 Å². The number of aliphatic hydroxyl groups is 1. The molecular weight excluding hydrogens is 436 g/mol. The minimum Gasteiger partial charge on any atom is -0.549 e. The molecule has 1 N–H and O–H groups in total. The summed E-state index contributed by atoms with van der Waals surface area (Å²) in [5.74, 6) is -7.48. The first-order valence-corrected chi connectivity index (χ1v) is 8.68. The van der Waals surface area contributed by atoms with Crippen LogP contribution >= 0.6 is 0 Å². The van der Waals surface area contributed by atoms with E-state index in [0.717, 1.165) is 0 Å². The zero-order valence-corrected chi connectivity index (χ0v) is 20.2. The van der Waals surface area contributed by atoms with Crippen LogP contribution in [-0.2, 0) is 50.5 Å². The molecule has 0 fully saturated rings. The SMILES string of the molecule is CC(=O)C(C)C(=O)[O-].CC(=O)C(C)C(=O)[O-].CC(=O)C(C)C(=O)[O-].CC(C)CO.[Ti+3]. The van der Waals surface area contributed by atoms with Crippen molar-refractivity contribution in [3.8, 4) is 0 Å². The fraction of sp³-hybridized carbons (Fsp3) is 0.684. The zero-order chi connectivity index (χ0) is 24.5. The van der Waals surface area contributed by atoms with Gasteiger partial charge in [-0.25, -0.2) is 0 Å². The van der Waals surface area contributed by atoms with Gasteiger partial charge in [-0.3, -0.25) is 14.4 Å². The van der Waals surface area contributed by atoms with Gasteiger partial charge in [0, 0.05) is 6.61 Å². The van der Waals surface area contributed by atoms with Crippen molar-refractivity contribution in [3.05, 3.63) is 0 Å². The fourth-order valence-corrected chi connectivity index (χ4v) is 0.498. The second kappa shape index (κ2) is 21.8. The van der Waals surface area contributed by atoms with Crippen LogP contribution in [0.2, 0.25) is 0 Å². The van der Waals surface area contributed by atoms with Crippen molar-refractivity contribution in [2.45, 2.75) is 55.4 Å². The van der Waals surface area contributed by atoms with E-state index in [2.05, 4.69) is 0 Å². The van der Waals surface area contributed by atoms with Crippen molar-refractivity contribution >= 4 is 35.3 Å². The fourth-order valence-electron chi connectivity index (χ4n) is 0.498. The predicted octanol–water partition coefficient (Wildman–Crippen LogP) is -2.48. The summed E-state index contributed by atoms with van der Waals surface area (Å²) in [6.07, 6.45) is 0. The maximum atomic E-state index is 10.2. The van der Waals surface area contributed by atoms with E-state index >= 15 is 0 Å². The molecule has 1 radical (unpaired) electrons. The Balaban J connectivity index is -0.0000000929. The molecule has 0 aliphatic rings. The molecule has 0 bridgehead atoms. The van der Waals surface area contributed by atoms with Gasteiger partial charge in [-0.2, -0.15) is 0 Å². The Morgan fingerprint density at radius 3 is 0.733 bits per heavy atom. The maximum absolute atomic E-state index is 10.2. The topological polar surface area (TPSA) is 192 Å². The number of rotatable bonds is 7. The van der Waals surface area contributed by atoms with Crippen molar-refractivity contribution in [2.24, 2.45) is 23.7 Å². The monoisotopic (exact) mass is 467 g/mol. The van der Waals surface area contributed by atoms with E-state index in [4.69, 9.17) is 5.11 Å². The Morgan fingerprint density at radius 1 is 0.600 bits per heavy atom. The van der Waals surface area contributed by atoms with Crippen LogP contribution in [0.5, 0.6) is 0 Å². The van der Waals surface area contributed by atoms with Crippen LogP contribution in [0.3, 0.4) is 0 Å². The van der Waals surface area contributed by atoms with Crippen LogP contribution in [0.25, 0.3) is 0 Å². The molecule has 0 aliphatic carbocycles. The molecule has 0 aromatic heterocycles. The summed E-state index contributed by atoms with van der Waals surface area (Å²) in [6, 6.07) is 0. The molecule has 0 saturated carbocycles. The molecule has 10 nitrogen and oxygen atoms in total. The summed E-state index contributed by atoms with van der Waals surface area (Å²) in [5.41, 5.74) is 0. The first-order chi connectivity index (χ1) is 12.9. The van der Waals surface area contributed by atoms with Gasteiger partial charge in [0.1, 0.15) is 17.3 Å². The van der Waals surface area contributed by atoms with Gasteiger partial charge in [0.05, 0.1) is 35.7 Å². The van der Waals surface area contributed by atoms with Crippen molar-refractivity contribution in [2.75, 3.05) is 6.61 Å². The molecule has 171 valence electrons. The van der Waals surface area contributed by atoms with Gasteiger partial charge in [0.2, 0.25) is 0 Å². The number of aliphatic hydroxyl groups excluding tert-OH is 1. The van der Waals surface area contributed by atoms with E-state index in [1.54, 1.807) is 0 Å². The molecule has 0 aromatic rings. The van der Waals surface area contributed by atoms with Gasteiger partial charge in [-0.1, -0.05) is 34.6 Å². The van der Waals surface area contributed by atoms with E-state index < -0.39 is 35.7 Å². The average molecular weight is 467 g/mol. The van der Waals surface area contributed by atoms with Gasteiger partial charge in [0.25, 0.3) is 0 Å². The number of hydrogen-bond donors (Lipinski definition) is 1. The standard InChI is InChI=1S/3C5H8O3.C4H10O.Ti/c3*1-3(4(2)6)5(7)8;1-4(2)3-5;/h3*3H,1-2H3,(H,7,8);4-5H,3H2,1-2H3;/q;;;;+3/p-3. The molecule has 0 saturated heterocycles. The molecule has 3 unspecified atom stereocenters. The summed E-state index contributed by atoms with van der Waals surface area (Å²) in [6.45, 7) is 11.8. The largest absolute Gasteiger partial charge is 3.00 e. The first kappa shape index (κ1) is 38.7. The number of carboxylic acids is 3. The molecule has 0 spiro atoms. The van der Waals surface area contributed by atoms with Crippen molar-refractivity contribution in [3.63, 3.8) is 0 Å². The van der Waals surface area contributed by atoms with Crippen molar-refractivity contribution < 1.29 is 70.9 Å². The Morgan fingerprint density at radius 2 is 0.733 bits per heavy atom. The zero-order valence-electron chi connectivity index (χ0n) is 18.6. The van der Waals surface area contributed by atoms with Gasteiger partial charge in [-0.15, -0.1) is 0 Å². The van der Waals surface area contributed by atoms with Crippen molar-refractivity contribution in [1.82, 2.24) is 0 Å². The molecular formula is C19H31O10Ti. The number of ketones is 3. The van der Waals surface area contributed by atoms with E-state index in [1.807, 2.05) is 13.8 Å². The first-order valence-electron chi connectivity index (χ1n) is 8.68. The third-order valence-corrected chi connectivity index (χ3v) is 3.26. The molecule has 3 atom stereocenters. The summed E-state index contributed by atoms with van der Waals surface area (Å²) >= 11 is 0. The van der Waals surface area contributed by atoms with Crippen molar-refractivity contribution in [1.29, 1.82) is 0 Å². The quantitative estimate of drug-likeness (QED) is 0.310. The van der Waals surface area contributed by atoms with E-state index in [-0.39, 0.29) is 39.1 Å². The molecule has 0 aliphatic heterocycles. The Kier molecular flexibility index (Phi) is 28.1. The van der Waals surface area contributed by atoms with E-state index in [0.29, 0.717) is 12.5 Å². The number of hydrogen-bond acceptors (Lipinski definition) is 10. The third-order valence-electron chi connectivity index (χ3n) is 3.26. The molecule has 0 rings (SSSR count). The van der Waals surface area contributed by atoms with Gasteiger partial charge >= 0.3 is 21.7 Å². The van der Waals surface area contributed by atoms with Gasteiger partial charge < -0.3 is 34.8 Å². The van der Waals surface area contributed by atoms with Gasteiger partial charge in [-0.05, 0) is 26.7 Å². The smallest absolute Gasteiger partial charge is 0.549 e. The normalized spacial score (nSPS) is 11.8. The average Bonchev–Trinajstić information content (AvgIpc) is 2.60. The van der Waals surface area contributed by atoms with Crippen LogP contribution in [0.4, 0.5) is 0 Å².